The Balaban J connectivity index is 1.13. The molecule has 0 spiro atoms. The van der Waals surface area contributed by atoms with Gasteiger partial charge >= 0.3 is 0 Å². The van der Waals surface area contributed by atoms with E-state index in [4.69, 9.17) is 4.98 Å². The van der Waals surface area contributed by atoms with Crippen molar-refractivity contribution >= 4 is 28.2 Å². The molecule has 7 rings (SSSR count). The first-order chi connectivity index (χ1) is 17.6. The Hall–Kier alpha value is -3.98. The number of aliphatic hydroxyl groups excluding tert-OH is 1. The fraction of sp³-hybridized carbons (Fsp3) is 0.296. The van der Waals surface area contributed by atoms with Crippen LogP contribution >= 0.6 is 0 Å². The third-order valence-corrected chi connectivity index (χ3v) is 7.29. The Morgan fingerprint density at radius 2 is 2.03 bits per heavy atom. The number of aromatic amines is 1. The number of rotatable bonds is 6. The predicted molar refractivity (Wildman–Crippen MR) is 135 cm³/mol. The molecule has 182 valence electrons. The van der Waals surface area contributed by atoms with Crippen LogP contribution in [0.2, 0.25) is 0 Å². The lowest BCUT2D eigenvalue weighted by molar-refractivity contribution is 0.194. The Morgan fingerprint density at radius 3 is 2.92 bits per heavy atom. The second-order valence-electron chi connectivity index (χ2n) is 9.85. The molecule has 9 heteroatoms. The molecule has 1 aromatic carbocycles. The summed E-state index contributed by atoms with van der Waals surface area (Å²) in [7, 11) is 0. The number of H-pyrrole nitrogens is 1. The highest BCUT2D eigenvalue weighted by atomic mass is 19.1. The number of aromatic nitrogens is 5. The zero-order valence-electron chi connectivity index (χ0n) is 19.6. The second kappa shape index (κ2) is 8.30. The van der Waals surface area contributed by atoms with Crippen LogP contribution in [-0.2, 0) is 6.54 Å². The van der Waals surface area contributed by atoms with Crippen LogP contribution in [0.25, 0.3) is 16.6 Å². The molecule has 36 heavy (non-hydrogen) atoms. The Bertz CT molecular complexity index is 1570. The molecule has 4 aromatic heterocycles. The Labute approximate surface area is 206 Å². The highest BCUT2D eigenvalue weighted by molar-refractivity contribution is 5.80. The van der Waals surface area contributed by atoms with Crippen LogP contribution in [0.5, 0.6) is 0 Å². The maximum Gasteiger partial charge on any atom is 0.137 e. The minimum Gasteiger partial charge on any atom is -0.391 e. The van der Waals surface area contributed by atoms with Crippen molar-refractivity contribution in [1.82, 2.24) is 24.3 Å². The van der Waals surface area contributed by atoms with Crippen LogP contribution in [0.3, 0.4) is 0 Å². The third kappa shape index (κ3) is 3.85. The van der Waals surface area contributed by atoms with Crippen LogP contribution < -0.4 is 10.2 Å². The van der Waals surface area contributed by atoms with Crippen molar-refractivity contribution in [2.24, 2.45) is 0 Å². The molecule has 3 N–H and O–H groups in total. The highest BCUT2D eigenvalue weighted by Gasteiger charge is 2.35. The van der Waals surface area contributed by atoms with E-state index in [1.807, 2.05) is 18.2 Å². The van der Waals surface area contributed by atoms with E-state index in [9.17, 15) is 9.50 Å². The lowest BCUT2D eigenvalue weighted by Gasteiger charge is -2.24. The number of imidazole rings is 1. The molecule has 5 heterocycles. The summed E-state index contributed by atoms with van der Waals surface area (Å²) in [4.78, 5) is 18.8. The number of aliphatic hydroxyl groups is 1. The topological polar surface area (TPSA) is 94.4 Å². The van der Waals surface area contributed by atoms with Crippen molar-refractivity contribution in [2.75, 3.05) is 16.8 Å². The average Bonchev–Trinajstić information content (AvgIpc) is 3.29. The van der Waals surface area contributed by atoms with Gasteiger partial charge in [-0.15, -0.1) is 0 Å². The molecule has 1 aliphatic carbocycles. The molecule has 0 radical (unpaired) electrons. The van der Waals surface area contributed by atoms with Gasteiger partial charge in [-0.3, -0.25) is 0 Å². The third-order valence-electron chi connectivity index (χ3n) is 7.29. The summed E-state index contributed by atoms with van der Waals surface area (Å²) in [6.07, 6.45) is 10.2. The number of halogens is 1. The number of nitrogens with one attached hydrogen (secondary N) is 2. The van der Waals surface area contributed by atoms with Gasteiger partial charge in [-0.1, -0.05) is 6.07 Å². The summed E-state index contributed by atoms with van der Waals surface area (Å²) in [6.45, 7) is 0.756. The highest BCUT2D eigenvalue weighted by Crippen LogP contribution is 2.40. The van der Waals surface area contributed by atoms with Crippen LogP contribution in [0, 0.1) is 5.82 Å². The van der Waals surface area contributed by atoms with Gasteiger partial charge in [0.25, 0.3) is 0 Å². The van der Waals surface area contributed by atoms with E-state index in [1.54, 1.807) is 6.20 Å². The molecule has 2 fully saturated rings. The van der Waals surface area contributed by atoms with Gasteiger partial charge in [0, 0.05) is 55.2 Å². The number of anilines is 2. The van der Waals surface area contributed by atoms with Gasteiger partial charge in [-0.25, -0.2) is 19.3 Å². The first kappa shape index (κ1) is 21.3. The number of hydrogen-bond acceptors (Lipinski definition) is 6. The van der Waals surface area contributed by atoms with Crippen LogP contribution in [0.15, 0.2) is 61.3 Å². The van der Waals surface area contributed by atoms with E-state index in [-0.39, 0.29) is 11.9 Å². The largest absolute Gasteiger partial charge is 0.391 e. The molecule has 2 atom stereocenters. The van der Waals surface area contributed by atoms with E-state index < -0.39 is 6.10 Å². The summed E-state index contributed by atoms with van der Waals surface area (Å²) < 4.78 is 16.6. The Kier molecular flexibility index (Phi) is 4.92. The number of fused-ring (bicyclic) bond motifs is 2. The van der Waals surface area contributed by atoms with Crippen molar-refractivity contribution in [3.05, 3.63) is 84.0 Å². The normalized spacial score (nSPS) is 20.0. The molecule has 0 bridgehead atoms. The molecule has 1 aliphatic heterocycles. The van der Waals surface area contributed by atoms with Crippen molar-refractivity contribution < 1.29 is 9.50 Å². The van der Waals surface area contributed by atoms with Gasteiger partial charge in [-0.2, -0.15) is 0 Å². The fourth-order valence-corrected chi connectivity index (χ4v) is 5.24. The summed E-state index contributed by atoms with van der Waals surface area (Å²) in [5.74, 6) is 1.70. The van der Waals surface area contributed by atoms with E-state index >= 15 is 0 Å². The maximum absolute atomic E-state index is 14.5. The molecular weight excluding hydrogens is 457 g/mol. The van der Waals surface area contributed by atoms with Crippen LogP contribution in [-0.4, -0.2) is 42.1 Å². The van der Waals surface area contributed by atoms with Gasteiger partial charge in [0.15, 0.2) is 0 Å². The maximum atomic E-state index is 14.5. The lowest BCUT2D eigenvalue weighted by atomic mass is 10.1. The fourth-order valence-electron chi connectivity index (χ4n) is 5.24. The quantitative estimate of drug-likeness (QED) is 0.328. The minimum absolute atomic E-state index is 0.0968. The van der Waals surface area contributed by atoms with Crippen molar-refractivity contribution in [3.8, 4) is 0 Å². The Morgan fingerprint density at radius 1 is 1.11 bits per heavy atom. The number of benzene rings is 1. The summed E-state index contributed by atoms with van der Waals surface area (Å²) in [6, 6.07) is 11.3. The van der Waals surface area contributed by atoms with Gasteiger partial charge in [0.2, 0.25) is 0 Å². The molecule has 0 amide bonds. The first-order valence-electron chi connectivity index (χ1n) is 12.4. The number of β-amino-alcohol motifs (C(OH)–C–C–N with tert-alkyl or cyclic N) is 1. The van der Waals surface area contributed by atoms with Crippen LogP contribution in [0.4, 0.5) is 16.0 Å². The predicted octanol–water partition coefficient (Wildman–Crippen LogP) is 4.55. The lowest BCUT2D eigenvalue weighted by Crippen LogP contribution is -2.25. The molecule has 2 unspecified atom stereocenters. The SMILES string of the molecule is OC1CC(c2cn3cc(C4CC4)ccc3n2)N(c2cc(NCc3cc4cc[nH]c4cc3F)ncn2)C1. The van der Waals surface area contributed by atoms with Gasteiger partial charge in [0.1, 0.15) is 29.4 Å². The molecule has 8 nitrogen and oxygen atoms in total. The zero-order valence-corrected chi connectivity index (χ0v) is 19.6. The van der Waals surface area contributed by atoms with Crippen molar-refractivity contribution in [3.63, 3.8) is 0 Å². The van der Waals surface area contributed by atoms with Crippen molar-refractivity contribution in [2.45, 2.75) is 43.9 Å². The molecule has 2 aliphatic rings. The average molecular weight is 484 g/mol. The zero-order chi connectivity index (χ0) is 24.2. The standard InChI is InChI=1S/C27H26FN7O/c28-21-9-22-17(5-6-29-22)7-19(21)11-30-25-10-27(32-15-31-25)35-13-20(36)8-24(35)23-14-34-12-18(16-1-2-16)3-4-26(34)33-23/h3-7,9-10,12,14-16,20,24,29,36H,1-2,8,11,13H2,(H,30,31,32). The van der Waals surface area contributed by atoms with Crippen molar-refractivity contribution in [1.29, 1.82) is 0 Å². The first-order valence-corrected chi connectivity index (χ1v) is 12.4. The number of nitrogens with zero attached hydrogens (tertiary/aromatic N) is 5. The van der Waals surface area contributed by atoms with Gasteiger partial charge in [-0.05, 0) is 54.0 Å². The minimum atomic E-state index is -0.476. The molecular formula is C27H26FN7O. The summed E-state index contributed by atoms with van der Waals surface area (Å²) >= 11 is 0. The van der Waals surface area contributed by atoms with E-state index in [1.165, 1.54) is 30.8 Å². The van der Waals surface area contributed by atoms with Gasteiger partial charge in [0.05, 0.1) is 17.8 Å². The van der Waals surface area contributed by atoms with E-state index in [0.29, 0.717) is 42.6 Å². The van der Waals surface area contributed by atoms with E-state index in [2.05, 4.69) is 54.1 Å². The van der Waals surface area contributed by atoms with Gasteiger partial charge < -0.3 is 24.7 Å². The second-order valence-corrected chi connectivity index (χ2v) is 9.85. The molecule has 1 saturated heterocycles. The smallest absolute Gasteiger partial charge is 0.137 e. The van der Waals surface area contributed by atoms with Crippen LogP contribution in [0.1, 0.15) is 48.0 Å². The van der Waals surface area contributed by atoms with E-state index in [0.717, 1.165) is 22.2 Å². The summed E-state index contributed by atoms with van der Waals surface area (Å²) in [5, 5.41) is 14.7. The number of pyridine rings is 1. The number of hydrogen-bond donors (Lipinski definition) is 3. The monoisotopic (exact) mass is 483 g/mol. The summed E-state index contributed by atoms with van der Waals surface area (Å²) in [5.41, 5.74) is 4.51. The molecule has 1 saturated carbocycles. The molecule has 5 aromatic rings.